The second-order valence-corrected chi connectivity index (χ2v) is 7.14. The third kappa shape index (κ3) is 3.21. The zero-order chi connectivity index (χ0) is 19.0. The highest BCUT2D eigenvalue weighted by molar-refractivity contribution is 6.01. The first-order valence-corrected chi connectivity index (χ1v) is 9.02. The van der Waals surface area contributed by atoms with Gasteiger partial charge in [0.2, 0.25) is 5.91 Å². The van der Waals surface area contributed by atoms with E-state index in [-0.39, 0.29) is 5.91 Å². The minimum Gasteiger partial charge on any atom is -0.497 e. The Morgan fingerprint density at radius 1 is 1.11 bits per heavy atom. The summed E-state index contributed by atoms with van der Waals surface area (Å²) in [5.74, 6) is 1.35. The van der Waals surface area contributed by atoms with Gasteiger partial charge in [0.15, 0.2) is 5.76 Å². The molecule has 1 amide bonds. The molecule has 0 radical (unpaired) electrons. The van der Waals surface area contributed by atoms with Crippen LogP contribution < -0.4 is 10.1 Å². The smallest absolute Gasteiger partial charge is 0.236 e. The van der Waals surface area contributed by atoms with Crippen molar-refractivity contribution in [2.24, 2.45) is 0 Å². The first kappa shape index (κ1) is 17.3. The fourth-order valence-corrected chi connectivity index (χ4v) is 3.21. The molecule has 1 fully saturated rings. The summed E-state index contributed by atoms with van der Waals surface area (Å²) >= 11 is 0. The number of hydrogen-bond acceptors (Lipinski definition) is 4. The molecule has 4 rings (SSSR count). The number of amides is 1. The quantitative estimate of drug-likeness (QED) is 0.718. The van der Waals surface area contributed by atoms with Crippen molar-refractivity contribution in [3.8, 4) is 17.1 Å². The molecule has 1 aliphatic carbocycles. The second kappa shape index (κ2) is 6.58. The number of carbonyl (C=O) groups is 1. The molecule has 0 aliphatic heterocycles. The molecule has 3 aromatic rings. The first-order valence-electron chi connectivity index (χ1n) is 9.02. The molecule has 27 heavy (non-hydrogen) atoms. The first-order chi connectivity index (χ1) is 13.0. The van der Waals surface area contributed by atoms with Gasteiger partial charge in [-0.25, -0.2) is 0 Å². The van der Waals surface area contributed by atoms with E-state index in [9.17, 15) is 4.79 Å². The van der Waals surface area contributed by atoms with Gasteiger partial charge in [-0.05, 0) is 62.1 Å². The molecule has 5 heteroatoms. The Bertz CT molecular complexity index is 1000. The van der Waals surface area contributed by atoms with Crippen molar-refractivity contribution >= 4 is 11.6 Å². The zero-order valence-corrected chi connectivity index (χ0v) is 15.7. The second-order valence-electron chi connectivity index (χ2n) is 7.14. The van der Waals surface area contributed by atoms with E-state index in [0.717, 1.165) is 35.4 Å². The number of aryl methyl sites for hydroxylation is 2. The van der Waals surface area contributed by atoms with E-state index >= 15 is 0 Å². The average Bonchev–Trinajstić information content (AvgIpc) is 3.34. The van der Waals surface area contributed by atoms with Gasteiger partial charge in [-0.15, -0.1) is 0 Å². The summed E-state index contributed by atoms with van der Waals surface area (Å²) in [6.45, 7) is 4.09. The van der Waals surface area contributed by atoms with Gasteiger partial charge in [-0.2, -0.15) is 0 Å². The Hall–Kier alpha value is -3.08. The summed E-state index contributed by atoms with van der Waals surface area (Å²) in [7, 11) is 1.63. The fourth-order valence-electron chi connectivity index (χ4n) is 3.21. The van der Waals surface area contributed by atoms with E-state index in [1.807, 2.05) is 55.5 Å². The molecule has 1 aromatic heterocycles. The van der Waals surface area contributed by atoms with Crippen LogP contribution in [-0.2, 0) is 10.2 Å². The number of anilines is 1. The maximum Gasteiger partial charge on any atom is 0.236 e. The van der Waals surface area contributed by atoms with Crippen LogP contribution in [0, 0.1) is 13.8 Å². The number of benzene rings is 2. The van der Waals surface area contributed by atoms with Crippen LogP contribution in [0.15, 0.2) is 53.1 Å². The van der Waals surface area contributed by atoms with Crippen LogP contribution in [0.4, 0.5) is 5.69 Å². The highest BCUT2D eigenvalue weighted by atomic mass is 16.5. The zero-order valence-electron chi connectivity index (χ0n) is 15.7. The minimum atomic E-state index is -0.598. The molecular formula is C22H22N2O3. The van der Waals surface area contributed by atoms with E-state index in [1.165, 1.54) is 5.56 Å². The molecule has 5 nitrogen and oxygen atoms in total. The molecular weight excluding hydrogens is 340 g/mol. The Morgan fingerprint density at radius 2 is 1.93 bits per heavy atom. The Kier molecular flexibility index (Phi) is 4.22. The monoisotopic (exact) mass is 362 g/mol. The van der Waals surface area contributed by atoms with Crippen LogP contribution in [0.5, 0.6) is 5.75 Å². The molecule has 1 aliphatic rings. The lowest BCUT2D eigenvalue weighted by Crippen LogP contribution is -2.28. The number of hydrogen-bond donors (Lipinski definition) is 1. The lowest BCUT2D eigenvalue weighted by atomic mass is 10.00. The SMILES string of the molecule is COc1cccc(-c2cc(C3(C(=O)Nc4ccc(C)c(C)c4)CC3)no2)c1. The van der Waals surface area contributed by atoms with E-state index in [2.05, 4.69) is 17.4 Å². The van der Waals surface area contributed by atoms with Gasteiger partial charge in [-0.3, -0.25) is 4.79 Å². The van der Waals surface area contributed by atoms with Crippen LogP contribution in [0.25, 0.3) is 11.3 Å². The van der Waals surface area contributed by atoms with Gasteiger partial charge in [0, 0.05) is 17.3 Å². The largest absolute Gasteiger partial charge is 0.497 e. The molecule has 0 atom stereocenters. The van der Waals surface area contributed by atoms with Crippen LogP contribution in [0.1, 0.15) is 29.7 Å². The average molecular weight is 362 g/mol. The third-order valence-corrected chi connectivity index (χ3v) is 5.30. The predicted molar refractivity (Wildman–Crippen MR) is 104 cm³/mol. The molecule has 1 saturated carbocycles. The standard InChI is InChI=1S/C22H22N2O3/c1-14-7-8-17(11-15(14)2)23-21(25)22(9-10-22)20-13-19(27-24-20)16-5-4-6-18(12-16)26-3/h4-8,11-13H,9-10H2,1-3H3,(H,23,25). The van der Waals surface area contributed by atoms with Crippen LogP contribution >= 0.6 is 0 Å². The lowest BCUT2D eigenvalue weighted by Gasteiger charge is -2.13. The molecule has 0 saturated heterocycles. The summed E-state index contributed by atoms with van der Waals surface area (Å²) in [4.78, 5) is 12.9. The van der Waals surface area contributed by atoms with Crippen molar-refractivity contribution in [2.75, 3.05) is 12.4 Å². The Labute approximate surface area is 158 Å². The molecule has 0 unspecified atom stereocenters. The summed E-state index contributed by atoms with van der Waals surface area (Å²) < 4.78 is 10.8. The highest BCUT2D eigenvalue weighted by Gasteiger charge is 2.53. The number of nitrogens with one attached hydrogen (secondary N) is 1. The number of nitrogens with zero attached hydrogens (tertiary/aromatic N) is 1. The van der Waals surface area contributed by atoms with E-state index in [0.29, 0.717) is 11.5 Å². The molecule has 1 N–H and O–H groups in total. The third-order valence-electron chi connectivity index (χ3n) is 5.30. The van der Waals surface area contributed by atoms with Crippen molar-refractivity contribution in [3.05, 3.63) is 65.4 Å². The van der Waals surface area contributed by atoms with Crippen molar-refractivity contribution in [2.45, 2.75) is 32.1 Å². The van der Waals surface area contributed by atoms with E-state index in [1.54, 1.807) is 7.11 Å². The maximum atomic E-state index is 12.9. The molecule has 0 bridgehead atoms. The summed E-state index contributed by atoms with van der Waals surface area (Å²) in [5.41, 5.74) is 4.12. The van der Waals surface area contributed by atoms with E-state index in [4.69, 9.17) is 9.26 Å². The van der Waals surface area contributed by atoms with Gasteiger partial charge < -0.3 is 14.6 Å². The van der Waals surface area contributed by atoms with Gasteiger partial charge in [0.05, 0.1) is 18.2 Å². The summed E-state index contributed by atoms with van der Waals surface area (Å²) in [6, 6.07) is 15.4. The Morgan fingerprint density at radius 3 is 2.63 bits per heavy atom. The number of carbonyl (C=O) groups excluding carboxylic acids is 1. The Balaban J connectivity index is 1.56. The normalized spacial score (nSPS) is 14.6. The van der Waals surface area contributed by atoms with Crippen molar-refractivity contribution in [1.29, 1.82) is 0 Å². The van der Waals surface area contributed by atoms with Crippen molar-refractivity contribution in [1.82, 2.24) is 5.16 Å². The minimum absolute atomic E-state index is 0.0313. The van der Waals surface area contributed by atoms with Gasteiger partial charge in [-0.1, -0.05) is 23.4 Å². The van der Waals surface area contributed by atoms with Crippen LogP contribution in [0.2, 0.25) is 0 Å². The van der Waals surface area contributed by atoms with Crippen molar-refractivity contribution < 1.29 is 14.1 Å². The molecule has 138 valence electrons. The van der Waals surface area contributed by atoms with Crippen LogP contribution in [0.3, 0.4) is 0 Å². The van der Waals surface area contributed by atoms with Gasteiger partial charge in [0.1, 0.15) is 5.75 Å². The highest BCUT2D eigenvalue weighted by Crippen LogP contribution is 2.49. The number of aromatic nitrogens is 1. The fraction of sp³-hybridized carbons (Fsp3) is 0.273. The number of methoxy groups -OCH3 is 1. The van der Waals surface area contributed by atoms with E-state index < -0.39 is 5.41 Å². The van der Waals surface area contributed by atoms with Gasteiger partial charge in [0.25, 0.3) is 0 Å². The lowest BCUT2D eigenvalue weighted by molar-refractivity contribution is -0.118. The number of ether oxygens (including phenoxy) is 1. The predicted octanol–water partition coefficient (Wildman–Crippen LogP) is 4.64. The molecule has 2 aromatic carbocycles. The van der Waals surface area contributed by atoms with Crippen molar-refractivity contribution in [3.63, 3.8) is 0 Å². The summed E-state index contributed by atoms with van der Waals surface area (Å²) in [5, 5.41) is 7.24. The topological polar surface area (TPSA) is 64.4 Å². The maximum absolute atomic E-state index is 12.9. The molecule has 0 spiro atoms. The van der Waals surface area contributed by atoms with Crippen LogP contribution in [-0.4, -0.2) is 18.2 Å². The summed E-state index contributed by atoms with van der Waals surface area (Å²) in [6.07, 6.45) is 1.54. The van der Waals surface area contributed by atoms with Gasteiger partial charge >= 0.3 is 0 Å². The molecule has 1 heterocycles. The number of rotatable bonds is 5.